The number of morpholine rings is 1. The molecular weight excluding hydrogens is 220 g/mol. The van der Waals surface area contributed by atoms with Crippen molar-refractivity contribution >= 4 is 6.09 Å². The molecule has 5 heteroatoms. The van der Waals surface area contributed by atoms with Gasteiger partial charge in [-0.3, -0.25) is 0 Å². The summed E-state index contributed by atoms with van der Waals surface area (Å²) < 4.78 is 10.8. The number of carbonyl (C=O) groups is 1. The molecule has 100 valence electrons. The Labute approximate surface area is 103 Å². The van der Waals surface area contributed by atoms with E-state index < -0.39 is 5.60 Å². The Morgan fingerprint density at radius 3 is 2.65 bits per heavy atom. The van der Waals surface area contributed by atoms with Gasteiger partial charge in [0, 0.05) is 19.1 Å². The summed E-state index contributed by atoms with van der Waals surface area (Å²) in [7, 11) is 0. The van der Waals surface area contributed by atoms with Crippen LogP contribution in [0.15, 0.2) is 0 Å². The molecule has 17 heavy (non-hydrogen) atoms. The molecule has 0 spiro atoms. The fourth-order valence-corrected chi connectivity index (χ4v) is 1.48. The van der Waals surface area contributed by atoms with Crippen molar-refractivity contribution in [3.63, 3.8) is 0 Å². The Kier molecular flexibility index (Phi) is 4.38. The third-order valence-corrected chi connectivity index (χ3v) is 2.38. The minimum absolute atomic E-state index is 0.123. The van der Waals surface area contributed by atoms with E-state index in [1.807, 2.05) is 34.6 Å². The average molecular weight is 244 g/mol. The van der Waals surface area contributed by atoms with Gasteiger partial charge in [-0.15, -0.1) is 0 Å². The lowest BCUT2D eigenvalue weighted by atomic mass is 10.1. The number of hydrogen-bond donors (Lipinski definition) is 2. The van der Waals surface area contributed by atoms with Crippen molar-refractivity contribution in [3.05, 3.63) is 0 Å². The average Bonchev–Trinajstić information content (AvgIpc) is 2.13. The molecule has 1 fully saturated rings. The van der Waals surface area contributed by atoms with E-state index in [1.165, 1.54) is 0 Å². The zero-order valence-corrected chi connectivity index (χ0v) is 11.4. The second-order valence-corrected chi connectivity index (χ2v) is 6.03. The second-order valence-electron chi connectivity index (χ2n) is 6.03. The van der Waals surface area contributed by atoms with Crippen molar-refractivity contribution < 1.29 is 14.3 Å². The van der Waals surface area contributed by atoms with Crippen LogP contribution in [0.5, 0.6) is 0 Å². The van der Waals surface area contributed by atoms with E-state index >= 15 is 0 Å². The van der Waals surface area contributed by atoms with Gasteiger partial charge in [0.05, 0.1) is 12.2 Å². The lowest BCUT2D eigenvalue weighted by Gasteiger charge is -2.35. The second kappa shape index (κ2) is 5.23. The standard InChI is InChI=1S/C12H24N2O3/c1-11(2,3)17-10(15)13-6-9-7-16-12(4,5)8-14-9/h9,14H,6-8H2,1-5H3,(H,13,15)/t9-/m1/s1. The molecule has 0 radical (unpaired) electrons. The van der Waals surface area contributed by atoms with Gasteiger partial charge in [-0.25, -0.2) is 4.79 Å². The molecule has 1 atom stereocenters. The fourth-order valence-electron chi connectivity index (χ4n) is 1.48. The lowest BCUT2D eigenvalue weighted by molar-refractivity contribution is -0.0575. The van der Waals surface area contributed by atoms with Crippen LogP contribution >= 0.6 is 0 Å². The van der Waals surface area contributed by atoms with Gasteiger partial charge < -0.3 is 20.1 Å². The normalized spacial score (nSPS) is 24.2. The van der Waals surface area contributed by atoms with E-state index in [1.54, 1.807) is 0 Å². The summed E-state index contributed by atoms with van der Waals surface area (Å²) in [6.07, 6.45) is -0.385. The van der Waals surface area contributed by atoms with Gasteiger partial charge in [-0.05, 0) is 34.6 Å². The molecule has 0 aromatic heterocycles. The molecule has 1 aliphatic heterocycles. The van der Waals surface area contributed by atoms with Crippen LogP contribution in [0.2, 0.25) is 0 Å². The molecule has 0 unspecified atom stereocenters. The molecule has 0 bridgehead atoms. The minimum atomic E-state index is -0.456. The lowest BCUT2D eigenvalue weighted by Crippen LogP contribution is -2.55. The van der Waals surface area contributed by atoms with Crippen LogP contribution in [0.3, 0.4) is 0 Å². The largest absolute Gasteiger partial charge is 0.444 e. The van der Waals surface area contributed by atoms with Gasteiger partial charge in [0.2, 0.25) is 0 Å². The quantitative estimate of drug-likeness (QED) is 0.768. The van der Waals surface area contributed by atoms with Gasteiger partial charge in [0.15, 0.2) is 0 Å². The monoisotopic (exact) mass is 244 g/mol. The van der Waals surface area contributed by atoms with E-state index in [4.69, 9.17) is 9.47 Å². The van der Waals surface area contributed by atoms with Gasteiger partial charge in [-0.1, -0.05) is 0 Å². The highest BCUT2D eigenvalue weighted by Crippen LogP contribution is 2.12. The van der Waals surface area contributed by atoms with Crippen LogP contribution in [0.25, 0.3) is 0 Å². The fraction of sp³-hybridized carbons (Fsp3) is 0.917. The Balaban J connectivity index is 2.22. The Hall–Kier alpha value is -0.810. The maximum absolute atomic E-state index is 11.4. The van der Waals surface area contributed by atoms with E-state index in [0.717, 1.165) is 6.54 Å². The Morgan fingerprint density at radius 1 is 1.53 bits per heavy atom. The predicted molar refractivity (Wildman–Crippen MR) is 66.1 cm³/mol. The van der Waals surface area contributed by atoms with Gasteiger partial charge in [0.25, 0.3) is 0 Å². The summed E-state index contributed by atoms with van der Waals surface area (Å²) in [6, 6.07) is 0.149. The van der Waals surface area contributed by atoms with Crippen LogP contribution in [-0.2, 0) is 9.47 Å². The zero-order valence-electron chi connectivity index (χ0n) is 11.4. The highest BCUT2D eigenvalue weighted by atomic mass is 16.6. The third kappa shape index (κ3) is 5.89. The van der Waals surface area contributed by atoms with Gasteiger partial charge in [-0.2, -0.15) is 0 Å². The Morgan fingerprint density at radius 2 is 2.18 bits per heavy atom. The number of amides is 1. The molecule has 2 N–H and O–H groups in total. The maximum atomic E-state index is 11.4. The Bertz CT molecular complexity index is 261. The molecule has 1 heterocycles. The number of alkyl carbamates (subject to hydrolysis) is 1. The topological polar surface area (TPSA) is 59.6 Å². The summed E-state index contributed by atoms with van der Waals surface area (Å²) in [6.45, 7) is 11.5. The van der Waals surface area contributed by atoms with Crippen molar-refractivity contribution in [1.29, 1.82) is 0 Å². The predicted octanol–water partition coefficient (Wildman–Crippen LogP) is 1.28. The first-order valence-corrected chi connectivity index (χ1v) is 6.02. The van der Waals surface area contributed by atoms with Gasteiger partial charge >= 0.3 is 6.09 Å². The SMILES string of the molecule is CC(C)(C)OC(=O)NC[C@@H]1COC(C)(C)CN1. The van der Waals surface area contributed by atoms with Crippen molar-refractivity contribution in [2.75, 3.05) is 19.7 Å². The highest BCUT2D eigenvalue weighted by Gasteiger charge is 2.27. The molecule has 0 aliphatic carbocycles. The molecule has 1 saturated heterocycles. The van der Waals surface area contributed by atoms with Crippen molar-refractivity contribution in [1.82, 2.24) is 10.6 Å². The summed E-state index contributed by atoms with van der Waals surface area (Å²) in [4.78, 5) is 11.4. The molecule has 0 aromatic carbocycles. The van der Waals surface area contributed by atoms with E-state index in [0.29, 0.717) is 13.2 Å². The van der Waals surface area contributed by atoms with Gasteiger partial charge in [0.1, 0.15) is 5.60 Å². The molecular formula is C12H24N2O3. The van der Waals surface area contributed by atoms with Crippen molar-refractivity contribution in [2.45, 2.75) is 51.9 Å². The molecule has 0 aromatic rings. The first kappa shape index (κ1) is 14.3. The molecule has 5 nitrogen and oxygen atoms in total. The van der Waals surface area contributed by atoms with E-state index in [-0.39, 0.29) is 17.7 Å². The number of ether oxygens (including phenoxy) is 2. The first-order chi connectivity index (χ1) is 7.68. The summed E-state index contributed by atoms with van der Waals surface area (Å²) >= 11 is 0. The highest BCUT2D eigenvalue weighted by molar-refractivity contribution is 5.67. The number of rotatable bonds is 2. The molecule has 0 saturated carbocycles. The smallest absolute Gasteiger partial charge is 0.407 e. The minimum Gasteiger partial charge on any atom is -0.444 e. The van der Waals surface area contributed by atoms with Crippen LogP contribution in [0.4, 0.5) is 4.79 Å². The van der Waals surface area contributed by atoms with Crippen LogP contribution < -0.4 is 10.6 Å². The van der Waals surface area contributed by atoms with Crippen molar-refractivity contribution in [2.24, 2.45) is 0 Å². The van der Waals surface area contributed by atoms with E-state index in [9.17, 15) is 4.79 Å². The zero-order chi connectivity index (χ0) is 13.1. The number of hydrogen-bond acceptors (Lipinski definition) is 4. The van der Waals surface area contributed by atoms with Crippen LogP contribution in [0.1, 0.15) is 34.6 Å². The van der Waals surface area contributed by atoms with Crippen LogP contribution in [-0.4, -0.2) is 43.0 Å². The molecule has 1 amide bonds. The summed E-state index contributed by atoms with van der Waals surface area (Å²) in [5.74, 6) is 0. The maximum Gasteiger partial charge on any atom is 0.407 e. The van der Waals surface area contributed by atoms with Crippen molar-refractivity contribution in [3.8, 4) is 0 Å². The number of carbonyl (C=O) groups excluding carboxylic acids is 1. The van der Waals surface area contributed by atoms with E-state index in [2.05, 4.69) is 10.6 Å². The first-order valence-electron chi connectivity index (χ1n) is 6.02. The third-order valence-electron chi connectivity index (χ3n) is 2.38. The van der Waals surface area contributed by atoms with Crippen LogP contribution in [0, 0.1) is 0 Å². The molecule has 1 aliphatic rings. The molecule has 1 rings (SSSR count). The number of nitrogens with one attached hydrogen (secondary N) is 2. The summed E-state index contributed by atoms with van der Waals surface area (Å²) in [5, 5.41) is 6.06. The summed E-state index contributed by atoms with van der Waals surface area (Å²) in [5.41, 5.74) is -0.578.